The lowest BCUT2D eigenvalue weighted by Gasteiger charge is -2.09. The summed E-state index contributed by atoms with van der Waals surface area (Å²) in [5.41, 5.74) is 40.2. The molecule has 27 heteroatoms. The molecular weight excluding hydrogens is 1180 g/mol. The summed E-state index contributed by atoms with van der Waals surface area (Å²) >= 11 is 3.31. The van der Waals surface area contributed by atoms with E-state index in [0.717, 1.165) is 43.4 Å². The molecule has 0 unspecified atom stereocenters. The lowest BCUT2D eigenvalue weighted by Crippen LogP contribution is -1.95. The van der Waals surface area contributed by atoms with E-state index in [4.69, 9.17) is 62.9 Å². The van der Waals surface area contributed by atoms with E-state index in [1.165, 1.54) is 67.1 Å². The van der Waals surface area contributed by atoms with Gasteiger partial charge < -0.3 is 53.4 Å². The first-order valence-electron chi connectivity index (χ1n) is 26.1. The highest BCUT2D eigenvalue weighted by atomic mass is 79.9. The molecule has 22 nitrogen and oxygen atoms in total. The molecule has 0 aliphatic carbocycles. The van der Waals surface area contributed by atoms with Crippen molar-refractivity contribution in [1.29, 1.82) is 21.0 Å². The summed E-state index contributed by atoms with van der Waals surface area (Å²) in [5.74, 6) is 1.87. The van der Waals surface area contributed by atoms with Crippen molar-refractivity contribution in [2.24, 2.45) is 17.2 Å². The average Bonchev–Trinajstić information content (AvgIpc) is 1.59. The molecule has 89 heavy (non-hydrogen) atoms. The van der Waals surface area contributed by atoms with Crippen LogP contribution in [-0.2, 0) is 0 Å². The first kappa shape index (κ1) is 70.5. The Hall–Kier alpha value is -11.0. The fourth-order valence-corrected chi connectivity index (χ4v) is 8.90. The molecule has 12 rings (SSSR count). The Morgan fingerprint density at radius 1 is 0.393 bits per heavy atom. The average molecular weight is 1250 g/mol. The van der Waals surface area contributed by atoms with Crippen molar-refractivity contribution in [3.8, 4) is 80.7 Å². The van der Waals surface area contributed by atoms with Gasteiger partial charge in [-0.3, -0.25) is 0 Å². The summed E-state index contributed by atoms with van der Waals surface area (Å²) in [6, 6.07) is 46.7. The van der Waals surface area contributed by atoms with Crippen molar-refractivity contribution in [2.75, 3.05) is 32.6 Å². The zero-order valence-electron chi connectivity index (χ0n) is 49.4. The van der Waals surface area contributed by atoms with E-state index >= 15 is 0 Å². The number of nitrogens with zero attached hydrogens (tertiary/aromatic N) is 12. The number of fused-ring (bicyclic) bond motifs is 4. The molecule has 0 saturated carbocycles. The molecule has 8 aromatic heterocycles. The van der Waals surface area contributed by atoms with Crippen LogP contribution in [0.25, 0.3) is 55.4 Å². The van der Waals surface area contributed by atoms with E-state index < -0.39 is 0 Å². The van der Waals surface area contributed by atoms with Crippen molar-refractivity contribution in [3.05, 3.63) is 214 Å². The second-order valence-electron chi connectivity index (χ2n) is 17.9. The van der Waals surface area contributed by atoms with Crippen LogP contribution in [0.1, 0.15) is 43.2 Å². The maximum Gasteiger partial charge on any atom is 0.374 e. The minimum Gasteiger partial charge on any atom is -0.567 e. The van der Waals surface area contributed by atoms with Crippen LogP contribution in [0.2, 0.25) is 0 Å². The summed E-state index contributed by atoms with van der Waals surface area (Å²) in [5, 5.41) is 52.8. The van der Waals surface area contributed by atoms with Crippen LogP contribution >= 0.6 is 15.9 Å². The molecule has 0 atom stereocenters. The molecule has 0 aliphatic heterocycles. The van der Waals surface area contributed by atoms with Crippen molar-refractivity contribution in [2.45, 2.75) is 20.8 Å². The molecule has 0 spiro atoms. The third-order valence-electron chi connectivity index (χ3n) is 12.4. The Bertz CT molecular complexity index is 4080. The summed E-state index contributed by atoms with van der Waals surface area (Å²) in [7, 11) is 25.2. The lowest BCUT2D eigenvalue weighted by atomic mass is 10.0. The van der Waals surface area contributed by atoms with E-state index in [0.29, 0.717) is 73.2 Å². The summed E-state index contributed by atoms with van der Waals surface area (Å²) in [6.07, 6.45) is 12.5. The molecule has 0 fully saturated rings. The smallest absolute Gasteiger partial charge is 0.374 e. The molecule has 13 N–H and O–H groups in total. The second-order valence-corrected chi connectivity index (χ2v) is 18.7. The Balaban J connectivity index is 0.000000569. The lowest BCUT2D eigenvalue weighted by molar-refractivity contribution is 0.607. The molecule has 4 aromatic carbocycles. The van der Waals surface area contributed by atoms with Gasteiger partial charge in [-0.05, 0) is 123 Å². The van der Waals surface area contributed by atoms with Crippen LogP contribution in [-0.4, -0.2) is 91.8 Å². The van der Waals surface area contributed by atoms with Crippen molar-refractivity contribution in [1.82, 2.24) is 44.6 Å². The highest BCUT2D eigenvalue weighted by Crippen LogP contribution is 2.34. The largest absolute Gasteiger partial charge is 0.567 e. The van der Waals surface area contributed by atoms with Gasteiger partial charge in [0.25, 0.3) is 0 Å². The highest BCUT2D eigenvalue weighted by Gasteiger charge is 2.16. The molecular formula is C62H65B4BrN18O4. The van der Waals surface area contributed by atoms with E-state index in [9.17, 15) is 15.8 Å². The number of benzene rings is 4. The molecule has 0 bridgehead atoms. The van der Waals surface area contributed by atoms with Crippen molar-refractivity contribution in [3.63, 3.8) is 0 Å². The van der Waals surface area contributed by atoms with Gasteiger partial charge in [0.1, 0.15) is 47.3 Å². The van der Waals surface area contributed by atoms with Crippen LogP contribution in [0.5, 0.6) is 23.0 Å². The maximum atomic E-state index is 9.21. The minimum atomic E-state index is 0. The number of hydrogen-bond acceptors (Lipinski definition) is 18. The van der Waals surface area contributed by atoms with Gasteiger partial charge in [-0.1, -0.05) is 89.5 Å². The number of nitrogen functional groups attached to an aromatic ring is 2. The molecule has 0 saturated heterocycles. The standard InChI is InChI=1S/C15H10BN3O.2C14H9BN4O.C8H3BBrN3O.C8H10.3CH5N.H3N.3H2/c1-10-2-4-11(5-3-10)14-6-13(20-16)9-19-15(14)12(7-17)8-18-19;2*15-20-12-5-13(9-1-3-11(17)4-2-9)14-10(6-16)7-18-19(14)8-12;9-14-6-1-7(10)8-5(2-11)3-12-13(8)4-6;1-7-3-5-8(2)6-4-7;3*1-2;;;;/h2-6,8-9H,1H3;2*1-5,7-8H,17H2;1,3-4H;3-6H,1-2H3;3*2H2,1H3;1H3;3*1H/i;;;;;;;;;3*1+1. The fraction of sp³-hybridized carbons (Fsp3) is 0.0968. The van der Waals surface area contributed by atoms with E-state index in [-0.39, 0.29) is 10.4 Å². The zero-order valence-corrected chi connectivity index (χ0v) is 51.0. The van der Waals surface area contributed by atoms with E-state index in [1.54, 1.807) is 80.8 Å². The fourth-order valence-electron chi connectivity index (χ4n) is 8.28. The number of rotatable bonds is 7. The van der Waals surface area contributed by atoms with E-state index in [2.05, 4.69) is 115 Å². The van der Waals surface area contributed by atoms with Gasteiger partial charge in [0, 0.05) is 36.8 Å². The van der Waals surface area contributed by atoms with Crippen LogP contribution < -0.4 is 53.4 Å². The van der Waals surface area contributed by atoms with Crippen LogP contribution in [0.3, 0.4) is 0 Å². The van der Waals surface area contributed by atoms with Gasteiger partial charge in [0.15, 0.2) is 0 Å². The van der Waals surface area contributed by atoms with Gasteiger partial charge >= 0.3 is 32.2 Å². The van der Waals surface area contributed by atoms with Crippen molar-refractivity contribution < 1.29 is 22.9 Å². The number of halogens is 1. The highest BCUT2D eigenvalue weighted by molar-refractivity contribution is 9.10. The zero-order chi connectivity index (χ0) is 64.5. The predicted molar refractivity (Wildman–Crippen MR) is 360 cm³/mol. The predicted octanol–water partition coefficient (Wildman–Crippen LogP) is 9.84. The second kappa shape index (κ2) is 34.8. The number of aromatic nitrogens is 8. The van der Waals surface area contributed by atoms with Crippen LogP contribution in [0, 0.1) is 66.1 Å². The summed E-state index contributed by atoms with van der Waals surface area (Å²) < 4.78 is 26.0. The van der Waals surface area contributed by atoms with Crippen molar-refractivity contribution >= 4 is 81.6 Å². The molecule has 0 amide bonds. The topological polar surface area (TPSA) is 366 Å². The molecule has 446 valence electrons. The monoisotopic (exact) mass is 1250 g/mol. The summed E-state index contributed by atoms with van der Waals surface area (Å²) in [4.78, 5) is 0. The molecule has 0 aliphatic rings. The van der Waals surface area contributed by atoms with Gasteiger partial charge in [-0.25, -0.2) is 18.1 Å². The van der Waals surface area contributed by atoms with Crippen LogP contribution in [0.4, 0.5) is 11.4 Å². The first-order chi connectivity index (χ1) is 42.7. The molecule has 8 radical (unpaired) electrons. The minimum absolute atomic E-state index is 0. The normalized spacial score (nSPS) is 9.60. The Morgan fingerprint density at radius 2 is 0.618 bits per heavy atom. The first-order valence-corrected chi connectivity index (χ1v) is 26.9. The number of anilines is 2. The van der Waals surface area contributed by atoms with Crippen LogP contribution in [0.15, 0.2) is 175 Å². The number of aryl methyl sites for hydroxylation is 3. The molecule has 12 aromatic rings. The number of pyridine rings is 4. The Labute approximate surface area is 533 Å². The SMILES string of the molecule is CN.CN.CN.Cc1ccc(C)cc1.N.[2HH].[2HH].[2HH].[B]Oc1cc(-c2ccc(C)cc2)c2c(C#N)cnn2c1.[B]Oc1cc(-c2ccc(N)cc2)c2c(C#N)cnn2c1.[B]Oc1cc(-c2ccc(N)cc2)c2c(C#N)cnn2c1.[B]Oc1cc(Br)c2c(C#N)cnn2c1. The molecule has 8 heterocycles. The Kier molecular flexibility index (Phi) is 27.6. The van der Waals surface area contributed by atoms with Gasteiger partial charge in [-0.2, -0.15) is 41.4 Å². The number of nitrogens with two attached hydrogens (primary N) is 5. The quantitative estimate of drug-likeness (QED) is 0.0638. The van der Waals surface area contributed by atoms with E-state index in [1.807, 2.05) is 67.6 Å². The maximum absolute atomic E-state index is 9.21. The summed E-state index contributed by atoms with van der Waals surface area (Å²) in [6.45, 7) is 6.22. The Morgan fingerprint density at radius 3 is 0.876 bits per heavy atom. The third kappa shape index (κ3) is 17.6. The van der Waals surface area contributed by atoms with Gasteiger partial charge in [0.05, 0.1) is 93.9 Å². The van der Waals surface area contributed by atoms with Gasteiger partial charge in [-0.15, -0.1) is 0 Å². The number of hydrogen-bond donors (Lipinski definition) is 6. The third-order valence-corrected chi connectivity index (χ3v) is 13.0. The van der Waals surface area contributed by atoms with Gasteiger partial charge in [0.2, 0.25) is 0 Å². The number of nitriles is 4.